The van der Waals surface area contributed by atoms with Gasteiger partial charge in [-0.25, -0.2) is 9.99 Å². The number of fused-ring (bicyclic) bond motifs is 7. The molecule has 22 heteroatoms. The molecule has 1 amide bonds. The topological polar surface area (TPSA) is 202 Å². The molecule has 0 unspecified atom stereocenters. The molecule has 2 aliphatic heterocycles. The van der Waals surface area contributed by atoms with Crippen LogP contribution in [-0.2, 0) is 10.3 Å². The number of aliphatic hydroxyl groups is 1. The number of carbonyl (C=O) groups excluding carboxylic acids is 3. The number of pyridine rings is 1. The van der Waals surface area contributed by atoms with Gasteiger partial charge in [-0.2, -0.15) is 31.4 Å². The normalized spacial score (nSPS) is 13.4. The van der Waals surface area contributed by atoms with Gasteiger partial charge in [-0.3, -0.25) is 14.4 Å². The standard InChI is InChI=1S/C36H33N5O3.2C8H5F3O2S.CH4O.Yb/c1-5-37-29-18-32-27(16-21(29)3)36(28-17-22(4)30(38-6-2)19-33(28)44-32)26-12-8-7-11-25(26)35(43)41(36)39-20-24-15-14-23-10-9-13-31(42)34(23)40-24;2*9-8(10,11)7(13)4-5(12)6-2-1-3-14-6;1-2;/h7-20,37-38,42H,5-6H2,1-4H3;1-4,13H;1-4,12H;2H,1H3;/q;;;;+3/p-3/b39-20+;7-4-;5-4-;;. The van der Waals surface area contributed by atoms with Crippen molar-refractivity contribution >= 4 is 74.4 Å². The molecule has 3 N–H and O–H groups in total. The van der Waals surface area contributed by atoms with E-state index in [1.165, 1.54) is 30.3 Å². The van der Waals surface area contributed by atoms with Gasteiger partial charge in [0.2, 0.25) is 0 Å². The van der Waals surface area contributed by atoms with Crippen molar-refractivity contribution in [1.29, 1.82) is 0 Å². The average Bonchev–Trinajstić information content (AvgIpc) is 4.16. The minimum absolute atomic E-state index is 0. The van der Waals surface area contributed by atoms with Gasteiger partial charge in [-0.15, -0.1) is 22.7 Å². The molecule has 9 rings (SSSR count). The first kappa shape index (κ1) is 59.4. The number of halogens is 6. The number of hydrazone groups is 1. The SMILES string of the molecule is CCNc1cc2c(cc1C)C1(c3cc(C)c(NCC)cc3O2)c2ccccc2C(=O)N1/N=C/c1ccc2cccc([O-])c2n1.CO.O=C(/C=C(\[O-])C(F)(F)F)c1cccs1.O=C(/C=C(\[O-])c1cccs1)C(F)(F)F.[Yb+3]. The second kappa shape index (κ2) is 25.4. The van der Waals surface area contributed by atoms with Gasteiger partial charge in [0.1, 0.15) is 17.0 Å². The van der Waals surface area contributed by atoms with E-state index in [1.54, 1.807) is 34.1 Å². The van der Waals surface area contributed by atoms with Gasteiger partial charge in [-0.05, 0) is 109 Å². The number of carbonyl (C=O) groups is 3. The maximum atomic E-state index is 14.4. The second-order valence-corrected chi connectivity index (χ2v) is 17.8. The Bertz CT molecular complexity index is 3210. The molecule has 0 saturated heterocycles. The Morgan fingerprint density at radius 2 is 1.33 bits per heavy atom. The summed E-state index contributed by atoms with van der Waals surface area (Å²) >= 11 is 1.97. The minimum Gasteiger partial charge on any atom is -0.871 e. The van der Waals surface area contributed by atoms with Gasteiger partial charge in [0.25, 0.3) is 11.7 Å². The van der Waals surface area contributed by atoms with Gasteiger partial charge in [0, 0.05) is 70.8 Å². The number of nitrogens with zero attached hydrogens (tertiary/aromatic N) is 3. The van der Waals surface area contributed by atoms with Crippen molar-refractivity contribution in [1.82, 2.24) is 9.99 Å². The number of para-hydroxylation sites is 1. The Labute approximate surface area is 472 Å². The fourth-order valence-corrected chi connectivity index (χ4v) is 9.14. The smallest absolute Gasteiger partial charge is 0.871 e. The number of allylic oxidation sites excluding steroid dienone is 3. The second-order valence-electron chi connectivity index (χ2n) is 15.9. The number of aryl methyl sites for hydroxylation is 2. The summed E-state index contributed by atoms with van der Waals surface area (Å²) in [4.78, 5) is 40.5. The van der Waals surface area contributed by atoms with Gasteiger partial charge in [0.15, 0.2) is 5.78 Å². The number of amides is 1. The minimum atomic E-state index is -4.98. The monoisotopic (exact) mass is 1230 g/mol. The fourth-order valence-electron chi connectivity index (χ4n) is 7.86. The first-order valence-electron chi connectivity index (χ1n) is 22.2. The number of ether oxygens (including phenoxy) is 1. The molecule has 7 aromatic rings. The van der Waals surface area contributed by atoms with Crippen molar-refractivity contribution in [2.45, 2.75) is 45.6 Å². The predicted octanol–water partition coefficient (Wildman–Crippen LogP) is 9.60. The van der Waals surface area contributed by atoms with Crippen LogP contribution < -0.4 is 30.7 Å². The van der Waals surface area contributed by atoms with E-state index >= 15 is 0 Å². The number of alkyl halides is 6. The number of thiophene rings is 2. The van der Waals surface area contributed by atoms with Crippen LogP contribution in [0, 0.1) is 60.8 Å². The van der Waals surface area contributed by atoms with Crippen LogP contribution in [0.3, 0.4) is 0 Å². The van der Waals surface area contributed by atoms with E-state index in [2.05, 4.69) is 55.4 Å². The maximum Gasteiger partial charge on any atom is 3.00 e. The maximum absolute atomic E-state index is 14.4. The molecule has 4 aromatic carbocycles. The van der Waals surface area contributed by atoms with Crippen LogP contribution in [0.1, 0.15) is 72.3 Å². The van der Waals surface area contributed by atoms with E-state index in [9.17, 15) is 56.0 Å². The Kier molecular flexibility index (Phi) is 20.1. The Hall–Kier alpha value is -6.49. The van der Waals surface area contributed by atoms with E-state index in [1.807, 2.05) is 48.5 Å². The number of hydrogen-bond donors (Lipinski definition) is 3. The number of rotatable bonds is 10. The molecule has 13 nitrogen and oxygen atoms in total. The largest absolute Gasteiger partial charge is 3.00 e. The quantitative estimate of drug-likeness (QED) is 0.0387. The van der Waals surface area contributed by atoms with Crippen molar-refractivity contribution in [2.24, 2.45) is 5.10 Å². The third kappa shape index (κ3) is 13.1. The van der Waals surface area contributed by atoms with E-state index in [-0.39, 0.29) is 80.5 Å². The van der Waals surface area contributed by atoms with Crippen molar-refractivity contribution in [3.63, 3.8) is 0 Å². The summed E-state index contributed by atoms with van der Waals surface area (Å²) in [5, 5.41) is 58.1. The van der Waals surface area contributed by atoms with Crippen LogP contribution in [0.15, 0.2) is 137 Å². The predicted molar refractivity (Wildman–Crippen MR) is 266 cm³/mol. The van der Waals surface area contributed by atoms with E-state index < -0.39 is 41.0 Å². The number of benzene rings is 4. The number of nitrogens with one attached hydrogen (secondary N) is 2. The molecule has 75 heavy (non-hydrogen) atoms. The van der Waals surface area contributed by atoms with Gasteiger partial charge in [0.05, 0.1) is 22.3 Å². The zero-order valence-corrected chi connectivity index (χ0v) is 43.5. The molecule has 0 atom stereocenters. The molecule has 0 saturated carbocycles. The molecule has 0 aliphatic carbocycles. The average molecular weight is 1230 g/mol. The summed E-state index contributed by atoms with van der Waals surface area (Å²) in [6.07, 6.45) is -8.27. The molecule has 0 fully saturated rings. The van der Waals surface area contributed by atoms with Crippen LogP contribution in [0.2, 0.25) is 0 Å². The number of aliphatic hydroxyl groups excluding tert-OH is 1. The van der Waals surface area contributed by atoms with Gasteiger partial charge >= 0.3 is 59.3 Å². The summed E-state index contributed by atoms with van der Waals surface area (Å²) in [5.41, 5.74) is 6.75. The van der Waals surface area contributed by atoms with Gasteiger partial charge in [-0.1, -0.05) is 66.1 Å². The van der Waals surface area contributed by atoms with Crippen molar-refractivity contribution in [3.8, 4) is 17.2 Å². The van der Waals surface area contributed by atoms with Crippen LogP contribution in [0.25, 0.3) is 16.7 Å². The zero-order chi connectivity index (χ0) is 54.1. The molecule has 1 radical (unpaired) electrons. The van der Waals surface area contributed by atoms with Crippen molar-refractivity contribution < 1.29 is 113 Å². The Balaban J connectivity index is 0.000000275. The zero-order valence-electron chi connectivity index (χ0n) is 40.1. The molecule has 1 spiro atoms. The van der Waals surface area contributed by atoms with Crippen LogP contribution in [0.4, 0.5) is 37.7 Å². The van der Waals surface area contributed by atoms with Crippen LogP contribution in [0.5, 0.6) is 17.2 Å². The van der Waals surface area contributed by atoms with Gasteiger partial charge < -0.3 is 35.8 Å². The Morgan fingerprint density at radius 3 is 1.87 bits per heavy atom. The summed E-state index contributed by atoms with van der Waals surface area (Å²) in [6, 6.07) is 30.4. The summed E-state index contributed by atoms with van der Waals surface area (Å²) in [7, 11) is 1.00. The van der Waals surface area contributed by atoms with Crippen molar-refractivity contribution in [2.75, 3.05) is 30.8 Å². The third-order valence-electron chi connectivity index (χ3n) is 11.1. The first-order chi connectivity index (χ1) is 35.2. The Morgan fingerprint density at radius 1 is 0.760 bits per heavy atom. The first-order valence-corrected chi connectivity index (χ1v) is 24.0. The van der Waals surface area contributed by atoms with E-state index in [4.69, 9.17) is 14.9 Å². The summed E-state index contributed by atoms with van der Waals surface area (Å²) < 4.78 is 77.0. The molecule has 2 aliphatic rings. The fraction of sp³-hybridized carbons (Fsp3) is 0.189. The molecule has 0 bridgehead atoms. The summed E-state index contributed by atoms with van der Waals surface area (Å²) in [6.45, 7) is 9.73. The van der Waals surface area contributed by atoms with Crippen LogP contribution >= 0.6 is 22.7 Å². The number of ketones is 2. The number of aromatic nitrogens is 1. The molecule has 5 heterocycles. The summed E-state index contributed by atoms with van der Waals surface area (Å²) in [5.74, 6) is -5.19. The number of hydrogen-bond acceptors (Lipinski definition) is 14. The molecular formula is C53H44F6N5O8S2Yb. The van der Waals surface area contributed by atoms with Crippen LogP contribution in [-0.4, -0.2) is 71.3 Å². The molecular weight excluding hydrogens is 1190 g/mol. The number of anilines is 2. The van der Waals surface area contributed by atoms with Crippen molar-refractivity contribution in [3.05, 3.63) is 181 Å². The van der Waals surface area contributed by atoms with E-state index in [0.29, 0.717) is 28.3 Å². The third-order valence-corrected chi connectivity index (χ3v) is 12.8. The molecule has 3 aromatic heterocycles. The van der Waals surface area contributed by atoms with E-state index in [0.717, 1.165) is 87.5 Å². The molecule has 397 valence electrons.